The fourth-order valence-electron chi connectivity index (χ4n) is 0.852. The lowest BCUT2D eigenvalue weighted by molar-refractivity contribution is -0.104. The molecule has 0 spiro atoms. The van der Waals surface area contributed by atoms with Crippen LogP contribution in [0.25, 0.3) is 6.08 Å². The first-order valence-corrected chi connectivity index (χ1v) is 3.97. The number of nitriles is 1. The van der Waals surface area contributed by atoms with Gasteiger partial charge in [0.25, 0.3) is 0 Å². The minimum Gasteiger partial charge on any atom is -0.297 e. The zero-order valence-corrected chi connectivity index (χ0v) is 7.45. The van der Waals surface area contributed by atoms with Crippen LogP contribution < -0.4 is 0 Å². The summed E-state index contributed by atoms with van der Waals surface area (Å²) < 4.78 is 0. The third kappa shape index (κ3) is 2.43. The van der Waals surface area contributed by atoms with Crippen molar-refractivity contribution >= 4 is 24.0 Å². The molecule has 0 saturated heterocycles. The Balaban J connectivity index is 3.11. The number of hydrogen-bond acceptors (Lipinski definition) is 2. The number of halogens is 1. The zero-order valence-electron chi connectivity index (χ0n) is 6.70. The number of allylic oxidation sites excluding steroid dienone is 1. The average molecular weight is 192 g/mol. The Hall–Kier alpha value is -1.59. The maximum atomic E-state index is 10.3. The Morgan fingerprint density at radius 2 is 2.15 bits per heavy atom. The minimum absolute atomic E-state index is 0.0631. The number of rotatable bonds is 2. The van der Waals surface area contributed by atoms with Gasteiger partial charge in [-0.1, -0.05) is 29.8 Å². The molecule has 1 aromatic rings. The van der Waals surface area contributed by atoms with Gasteiger partial charge >= 0.3 is 0 Å². The van der Waals surface area contributed by atoms with Gasteiger partial charge in [-0.25, -0.2) is 0 Å². The quantitative estimate of drug-likeness (QED) is 0.409. The molecule has 0 bridgehead atoms. The first-order valence-electron chi connectivity index (χ1n) is 3.59. The van der Waals surface area contributed by atoms with Gasteiger partial charge < -0.3 is 0 Å². The van der Waals surface area contributed by atoms with Gasteiger partial charge in [0.15, 0.2) is 6.29 Å². The largest absolute Gasteiger partial charge is 0.297 e. The molecule has 0 amide bonds. The first kappa shape index (κ1) is 9.50. The monoisotopic (exact) mass is 191 g/mol. The smallest absolute Gasteiger partial charge is 0.160 e. The van der Waals surface area contributed by atoms with Crippen molar-refractivity contribution in [2.45, 2.75) is 0 Å². The molecule has 1 aromatic carbocycles. The third-order valence-corrected chi connectivity index (χ3v) is 1.82. The second-order valence-corrected chi connectivity index (χ2v) is 2.76. The summed E-state index contributed by atoms with van der Waals surface area (Å²) in [6.07, 6.45) is 1.96. The fourth-order valence-corrected chi connectivity index (χ4v) is 1.04. The molecule has 0 radical (unpaired) electrons. The van der Waals surface area contributed by atoms with E-state index in [0.29, 0.717) is 16.9 Å². The van der Waals surface area contributed by atoms with Gasteiger partial charge in [-0.3, -0.25) is 4.79 Å². The standard InChI is InChI=1S/C10H6ClNO/c11-10-4-2-1-3-9(10)5-8(6-12)7-13/h1-5,7H/b8-5+. The predicted molar refractivity (Wildman–Crippen MR) is 51.1 cm³/mol. The third-order valence-electron chi connectivity index (χ3n) is 1.47. The maximum Gasteiger partial charge on any atom is 0.160 e. The Kier molecular flexibility index (Phi) is 3.24. The van der Waals surface area contributed by atoms with Crippen molar-refractivity contribution in [1.29, 1.82) is 5.26 Å². The number of hydrogen-bond donors (Lipinski definition) is 0. The molecule has 0 N–H and O–H groups in total. The van der Waals surface area contributed by atoms with Crippen LogP contribution in [0, 0.1) is 11.3 Å². The van der Waals surface area contributed by atoms with Gasteiger partial charge in [0.2, 0.25) is 0 Å². The van der Waals surface area contributed by atoms with Gasteiger partial charge in [-0.2, -0.15) is 5.26 Å². The van der Waals surface area contributed by atoms with Gasteiger partial charge in [-0.05, 0) is 17.7 Å². The Bertz CT molecular complexity index is 390. The van der Waals surface area contributed by atoms with Crippen LogP contribution >= 0.6 is 11.6 Å². The van der Waals surface area contributed by atoms with Crippen LogP contribution in [0.4, 0.5) is 0 Å². The molecule has 0 unspecified atom stereocenters. The van der Waals surface area contributed by atoms with E-state index >= 15 is 0 Å². The lowest BCUT2D eigenvalue weighted by Gasteiger charge is -1.95. The molecule has 0 atom stereocenters. The van der Waals surface area contributed by atoms with E-state index in [-0.39, 0.29) is 5.57 Å². The van der Waals surface area contributed by atoms with E-state index in [1.807, 2.05) is 0 Å². The second kappa shape index (κ2) is 4.44. The van der Waals surface area contributed by atoms with Crippen LogP contribution in [0.1, 0.15) is 5.56 Å². The van der Waals surface area contributed by atoms with Crippen LogP contribution in [0.2, 0.25) is 5.02 Å². The zero-order chi connectivity index (χ0) is 9.68. The highest BCUT2D eigenvalue weighted by molar-refractivity contribution is 6.32. The van der Waals surface area contributed by atoms with Crippen LogP contribution in [0.15, 0.2) is 29.8 Å². The van der Waals surface area contributed by atoms with Crippen LogP contribution in [-0.4, -0.2) is 6.29 Å². The summed E-state index contributed by atoms with van der Waals surface area (Å²) in [5.74, 6) is 0. The van der Waals surface area contributed by atoms with E-state index in [0.717, 1.165) is 0 Å². The first-order chi connectivity index (χ1) is 6.27. The molecule has 0 aliphatic heterocycles. The van der Waals surface area contributed by atoms with Crippen molar-refractivity contribution in [3.63, 3.8) is 0 Å². The van der Waals surface area contributed by atoms with Gasteiger partial charge in [-0.15, -0.1) is 0 Å². The SMILES string of the molecule is N#C/C(C=O)=C\c1ccccc1Cl. The van der Waals surface area contributed by atoms with Crippen molar-refractivity contribution in [2.24, 2.45) is 0 Å². The number of carbonyl (C=O) groups excluding carboxylic acids is 1. The molecular formula is C10H6ClNO. The maximum absolute atomic E-state index is 10.3. The van der Waals surface area contributed by atoms with Crippen molar-refractivity contribution < 1.29 is 4.79 Å². The van der Waals surface area contributed by atoms with Gasteiger partial charge in [0.1, 0.15) is 6.07 Å². The average Bonchev–Trinajstić information content (AvgIpc) is 2.17. The number of benzene rings is 1. The van der Waals surface area contributed by atoms with Crippen LogP contribution in [-0.2, 0) is 4.79 Å². The lowest BCUT2D eigenvalue weighted by atomic mass is 10.1. The Morgan fingerprint density at radius 1 is 1.46 bits per heavy atom. The molecule has 1 rings (SSSR count). The minimum atomic E-state index is 0.0631. The van der Waals surface area contributed by atoms with Crippen LogP contribution in [0.3, 0.4) is 0 Å². The molecule has 0 aromatic heterocycles. The molecule has 64 valence electrons. The molecular weight excluding hydrogens is 186 g/mol. The van der Waals surface area contributed by atoms with Crippen molar-refractivity contribution in [2.75, 3.05) is 0 Å². The molecule has 0 fully saturated rings. The fraction of sp³-hybridized carbons (Fsp3) is 0. The molecule has 0 saturated carbocycles. The Labute approximate surface area is 81.1 Å². The van der Waals surface area contributed by atoms with Crippen molar-refractivity contribution in [3.05, 3.63) is 40.4 Å². The number of carbonyl (C=O) groups is 1. The number of aldehydes is 1. The Morgan fingerprint density at radius 3 is 2.69 bits per heavy atom. The predicted octanol–water partition coefficient (Wildman–Crippen LogP) is 2.45. The molecule has 0 heterocycles. The summed E-state index contributed by atoms with van der Waals surface area (Å²) in [6.45, 7) is 0. The highest BCUT2D eigenvalue weighted by Gasteiger charge is 1.97. The molecule has 2 nitrogen and oxygen atoms in total. The van der Waals surface area contributed by atoms with Gasteiger partial charge in [0, 0.05) is 5.02 Å². The highest BCUT2D eigenvalue weighted by Crippen LogP contribution is 2.17. The van der Waals surface area contributed by atoms with E-state index in [4.69, 9.17) is 16.9 Å². The molecule has 0 aliphatic rings. The summed E-state index contributed by atoms with van der Waals surface area (Å²) in [6, 6.07) is 8.78. The van der Waals surface area contributed by atoms with Crippen molar-refractivity contribution in [1.82, 2.24) is 0 Å². The molecule has 0 aliphatic carbocycles. The summed E-state index contributed by atoms with van der Waals surface area (Å²) in [7, 11) is 0. The second-order valence-electron chi connectivity index (χ2n) is 2.35. The summed E-state index contributed by atoms with van der Waals surface area (Å²) >= 11 is 5.81. The number of nitrogens with zero attached hydrogens (tertiary/aromatic N) is 1. The summed E-state index contributed by atoms with van der Waals surface area (Å²) in [5.41, 5.74) is 0.737. The molecule has 3 heteroatoms. The summed E-state index contributed by atoms with van der Waals surface area (Å²) in [5, 5.41) is 9.01. The normalized spacial score (nSPS) is 10.6. The topological polar surface area (TPSA) is 40.9 Å². The highest BCUT2D eigenvalue weighted by atomic mass is 35.5. The molecule has 13 heavy (non-hydrogen) atoms. The van der Waals surface area contributed by atoms with E-state index in [1.54, 1.807) is 30.3 Å². The summed E-state index contributed by atoms with van der Waals surface area (Å²) in [4.78, 5) is 10.3. The van der Waals surface area contributed by atoms with Crippen molar-refractivity contribution in [3.8, 4) is 6.07 Å². The van der Waals surface area contributed by atoms with E-state index < -0.39 is 0 Å². The van der Waals surface area contributed by atoms with Crippen LogP contribution in [0.5, 0.6) is 0 Å². The van der Waals surface area contributed by atoms with E-state index in [2.05, 4.69) is 0 Å². The van der Waals surface area contributed by atoms with E-state index in [1.165, 1.54) is 6.08 Å². The lowest BCUT2D eigenvalue weighted by Crippen LogP contribution is -1.80. The van der Waals surface area contributed by atoms with E-state index in [9.17, 15) is 4.79 Å². The van der Waals surface area contributed by atoms with Gasteiger partial charge in [0.05, 0.1) is 5.57 Å².